The van der Waals surface area contributed by atoms with Crippen LogP contribution in [0.15, 0.2) is 24.3 Å². The average Bonchev–Trinajstić information content (AvgIpc) is 2.45. The second-order valence-electron chi connectivity index (χ2n) is 4.64. The molecule has 1 aliphatic rings. The van der Waals surface area contributed by atoms with Crippen LogP contribution in [-0.4, -0.2) is 10.9 Å². The lowest BCUT2D eigenvalue weighted by atomic mass is 9.91. The molecule has 2 nitrogen and oxygen atoms in total. The molecule has 0 heterocycles. The topological polar surface area (TPSA) is 37.3 Å². The van der Waals surface area contributed by atoms with Gasteiger partial charge in [-0.15, -0.1) is 0 Å². The van der Waals surface area contributed by atoms with Crippen molar-refractivity contribution in [2.24, 2.45) is 5.92 Å². The molecule has 2 rings (SSSR count). The first-order chi connectivity index (χ1) is 7.75. The number of aromatic hydroxyl groups is 1. The van der Waals surface area contributed by atoms with Crippen molar-refractivity contribution in [3.63, 3.8) is 0 Å². The van der Waals surface area contributed by atoms with Crippen molar-refractivity contribution in [1.82, 2.24) is 0 Å². The number of rotatable bonds is 2. The van der Waals surface area contributed by atoms with Crippen LogP contribution < -0.4 is 0 Å². The average molecular weight is 218 g/mol. The monoisotopic (exact) mass is 218 g/mol. The Morgan fingerprint density at radius 2 is 2.12 bits per heavy atom. The Morgan fingerprint density at radius 3 is 2.94 bits per heavy atom. The largest absolute Gasteiger partial charge is 0.508 e. The Morgan fingerprint density at radius 1 is 1.25 bits per heavy atom. The standard InChI is InChI=1S/C14H18O2/c15-13-7-4-5-11(10-13)9-12-6-2-1-3-8-14(12)16/h4-5,7,10,12,15H,1-3,6,8-9H2. The van der Waals surface area contributed by atoms with Crippen LogP contribution in [0.1, 0.15) is 37.7 Å². The molecule has 1 saturated carbocycles. The van der Waals surface area contributed by atoms with Gasteiger partial charge in [0.25, 0.3) is 0 Å². The zero-order valence-electron chi connectivity index (χ0n) is 9.48. The Bertz CT molecular complexity index is 371. The molecule has 0 radical (unpaired) electrons. The highest BCUT2D eigenvalue weighted by atomic mass is 16.3. The van der Waals surface area contributed by atoms with Crippen LogP contribution in [-0.2, 0) is 11.2 Å². The summed E-state index contributed by atoms with van der Waals surface area (Å²) in [6, 6.07) is 7.25. The van der Waals surface area contributed by atoms with E-state index in [-0.39, 0.29) is 5.92 Å². The lowest BCUT2D eigenvalue weighted by Gasteiger charge is -2.12. The zero-order chi connectivity index (χ0) is 11.4. The van der Waals surface area contributed by atoms with Crippen molar-refractivity contribution in [2.45, 2.75) is 38.5 Å². The van der Waals surface area contributed by atoms with Gasteiger partial charge in [0.1, 0.15) is 11.5 Å². The second kappa shape index (κ2) is 5.15. The molecule has 2 heteroatoms. The predicted octanol–water partition coefficient (Wildman–Crippen LogP) is 3.08. The van der Waals surface area contributed by atoms with E-state index in [4.69, 9.17) is 0 Å². The second-order valence-corrected chi connectivity index (χ2v) is 4.64. The third kappa shape index (κ3) is 2.84. The van der Waals surface area contributed by atoms with Gasteiger partial charge in [-0.1, -0.05) is 25.0 Å². The minimum absolute atomic E-state index is 0.171. The summed E-state index contributed by atoms with van der Waals surface area (Å²) in [6.07, 6.45) is 5.93. The van der Waals surface area contributed by atoms with Crippen LogP contribution in [0.2, 0.25) is 0 Å². The summed E-state index contributed by atoms with van der Waals surface area (Å²) in [4.78, 5) is 11.8. The van der Waals surface area contributed by atoms with Crippen LogP contribution in [0.5, 0.6) is 5.75 Å². The first kappa shape index (κ1) is 11.2. The van der Waals surface area contributed by atoms with Gasteiger partial charge in [-0.2, -0.15) is 0 Å². The SMILES string of the molecule is O=C1CCCCCC1Cc1cccc(O)c1. The molecule has 0 aromatic heterocycles. The predicted molar refractivity (Wildman–Crippen MR) is 63.4 cm³/mol. The lowest BCUT2D eigenvalue weighted by molar-refractivity contribution is -0.122. The van der Waals surface area contributed by atoms with Gasteiger partial charge in [-0.25, -0.2) is 0 Å². The molecule has 0 amide bonds. The summed E-state index contributed by atoms with van der Waals surface area (Å²) in [5.41, 5.74) is 1.07. The van der Waals surface area contributed by atoms with E-state index >= 15 is 0 Å². The van der Waals surface area contributed by atoms with E-state index in [2.05, 4.69) is 0 Å². The number of carbonyl (C=O) groups is 1. The molecular formula is C14H18O2. The molecule has 0 spiro atoms. The molecule has 0 bridgehead atoms. The van der Waals surface area contributed by atoms with Gasteiger partial charge in [-0.05, 0) is 37.0 Å². The van der Waals surface area contributed by atoms with Crippen LogP contribution in [0.3, 0.4) is 0 Å². The molecule has 86 valence electrons. The van der Waals surface area contributed by atoms with E-state index in [0.717, 1.165) is 37.7 Å². The van der Waals surface area contributed by atoms with Gasteiger partial charge in [-0.3, -0.25) is 4.79 Å². The van der Waals surface area contributed by atoms with E-state index in [1.54, 1.807) is 12.1 Å². The molecule has 1 aromatic rings. The summed E-state index contributed by atoms with van der Waals surface area (Å²) in [5.74, 6) is 0.865. The van der Waals surface area contributed by atoms with Gasteiger partial charge in [0.15, 0.2) is 0 Å². The summed E-state index contributed by atoms with van der Waals surface area (Å²) in [7, 11) is 0. The molecule has 1 atom stereocenters. The molecule has 1 unspecified atom stereocenters. The van der Waals surface area contributed by atoms with E-state index in [1.165, 1.54) is 6.42 Å². The van der Waals surface area contributed by atoms with E-state index in [0.29, 0.717) is 11.5 Å². The number of phenols is 1. The molecule has 1 aromatic carbocycles. The van der Waals surface area contributed by atoms with Crippen LogP contribution in [0.25, 0.3) is 0 Å². The fourth-order valence-corrected chi connectivity index (χ4v) is 2.42. The molecular weight excluding hydrogens is 200 g/mol. The number of Topliss-reactive ketones (excluding diaryl/α,β-unsaturated/α-hetero) is 1. The molecule has 1 fully saturated rings. The number of carbonyl (C=O) groups excluding carboxylic acids is 1. The van der Waals surface area contributed by atoms with Crippen molar-refractivity contribution in [3.05, 3.63) is 29.8 Å². The van der Waals surface area contributed by atoms with Crippen molar-refractivity contribution < 1.29 is 9.90 Å². The first-order valence-corrected chi connectivity index (χ1v) is 6.06. The molecule has 0 aliphatic heterocycles. The fourth-order valence-electron chi connectivity index (χ4n) is 2.42. The molecule has 1 N–H and O–H groups in total. The summed E-state index contributed by atoms with van der Waals surface area (Å²) in [6.45, 7) is 0. The lowest BCUT2D eigenvalue weighted by Crippen LogP contribution is -2.15. The van der Waals surface area contributed by atoms with Crippen molar-refractivity contribution in [1.29, 1.82) is 0 Å². The minimum atomic E-state index is 0.171. The fraction of sp³-hybridized carbons (Fsp3) is 0.500. The van der Waals surface area contributed by atoms with Crippen molar-refractivity contribution in [2.75, 3.05) is 0 Å². The highest BCUT2D eigenvalue weighted by molar-refractivity contribution is 5.81. The highest BCUT2D eigenvalue weighted by Gasteiger charge is 2.20. The minimum Gasteiger partial charge on any atom is -0.508 e. The molecule has 0 saturated heterocycles. The zero-order valence-corrected chi connectivity index (χ0v) is 9.48. The van der Waals surface area contributed by atoms with Gasteiger partial charge in [0, 0.05) is 12.3 Å². The number of hydrogen-bond donors (Lipinski definition) is 1. The number of benzene rings is 1. The number of hydrogen-bond acceptors (Lipinski definition) is 2. The van der Waals surface area contributed by atoms with E-state index in [9.17, 15) is 9.90 Å². The number of ketones is 1. The maximum absolute atomic E-state index is 11.8. The third-order valence-electron chi connectivity index (χ3n) is 3.32. The summed E-state index contributed by atoms with van der Waals surface area (Å²) < 4.78 is 0. The number of phenolic OH excluding ortho intramolecular Hbond substituents is 1. The van der Waals surface area contributed by atoms with Crippen molar-refractivity contribution >= 4 is 5.78 Å². The summed E-state index contributed by atoms with van der Waals surface area (Å²) >= 11 is 0. The van der Waals surface area contributed by atoms with Crippen LogP contribution >= 0.6 is 0 Å². The Labute approximate surface area is 96.3 Å². The van der Waals surface area contributed by atoms with Crippen LogP contribution in [0.4, 0.5) is 0 Å². The quantitative estimate of drug-likeness (QED) is 0.774. The Kier molecular flexibility index (Phi) is 3.60. The normalized spacial score (nSPS) is 21.8. The Hall–Kier alpha value is -1.31. The molecule has 16 heavy (non-hydrogen) atoms. The van der Waals surface area contributed by atoms with Gasteiger partial charge in [0.05, 0.1) is 0 Å². The smallest absolute Gasteiger partial charge is 0.136 e. The van der Waals surface area contributed by atoms with E-state index < -0.39 is 0 Å². The first-order valence-electron chi connectivity index (χ1n) is 6.06. The van der Waals surface area contributed by atoms with Gasteiger partial charge in [0.2, 0.25) is 0 Å². The maximum atomic E-state index is 11.8. The Balaban J connectivity index is 2.05. The third-order valence-corrected chi connectivity index (χ3v) is 3.32. The van der Waals surface area contributed by atoms with Crippen molar-refractivity contribution in [3.8, 4) is 5.75 Å². The van der Waals surface area contributed by atoms with Gasteiger partial charge >= 0.3 is 0 Å². The van der Waals surface area contributed by atoms with E-state index in [1.807, 2.05) is 12.1 Å². The maximum Gasteiger partial charge on any atom is 0.136 e. The van der Waals surface area contributed by atoms with Crippen LogP contribution in [0, 0.1) is 5.92 Å². The molecule has 1 aliphatic carbocycles. The summed E-state index contributed by atoms with van der Waals surface area (Å²) in [5, 5.41) is 9.38. The highest BCUT2D eigenvalue weighted by Crippen LogP contribution is 2.24. The van der Waals surface area contributed by atoms with Gasteiger partial charge < -0.3 is 5.11 Å².